The molecule has 0 spiro atoms. The summed E-state index contributed by atoms with van der Waals surface area (Å²) >= 11 is 0. The van der Waals surface area contributed by atoms with E-state index in [-0.39, 0.29) is 11.5 Å². The quantitative estimate of drug-likeness (QED) is 0.781. The minimum absolute atomic E-state index is 0.250. The van der Waals surface area contributed by atoms with E-state index in [0.717, 1.165) is 27.8 Å². The largest absolute Gasteiger partial charge is 0.508 e. The number of aryl methyl sites for hydroxylation is 2. The van der Waals surface area contributed by atoms with Gasteiger partial charge in [0.1, 0.15) is 11.5 Å². The highest BCUT2D eigenvalue weighted by molar-refractivity contribution is 5.73. The van der Waals surface area contributed by atoms with Gasteiger partial charge in [0.15, 0.2) is 0 Å². The van der Waals surface area contributed by atoms with Crippen molar-refractivity contribution in [1.82, 2.24) is 0 Å². The van der Waals surface area contributed by atoms with E-state index in [2.05, 4.69) is 0 Å². The molecule has 0 saturated heterocycles. The zero-order valence-corrected chi connectivity index (χ0v) is 10.3. The van der Waals surface area contributed by atoms with Gasteiger partial charge in [-0.3, -0.25) is 0 Å². The molecule has 2 rings (SSSR count). The number of aromatic hydroxyl groups is 2. The van der Waals surface area contributed by atoms with Gasteiger partial charge in [0.25, 0.3) is 0 Å². The fourth-order valence-corrected chi connectivity index (χ4v) is 1.81. The van der Waals surface area contributed by atoms with Crippen LogP contribution in [-0.2, 0) is 0 Å². The van der Waals surface area contributed by atoms with Crippen molar-refractivity contribution in [3.05, 3.63) is 47.0 Å². The third-order valence-electron chi connectivity index (χ3n) is 3.22. The maximum atomic E-state index is 10.1. The molecule has 0 amide bonds. The van der Waals surface area contributed by atoms with Crippen LogP contribution in [0.25, 0.3) is 11.1 Å². The van der Waals surface area contributed by atoms with Gasteiger partial charge in [-0.05, 0) is 49.1 Å². The van der Waals surface area contributed by atoms with Crippen molar-refractivity contribution in [3.63, 3.8) is 0 Å². The van der Waals surface area contributed by atoms with Crippen LogP contribution in [0.2, 0.25) is 0 Å². The summed E-state index contributed by atoms with van der Waals surface area (Å²) in [5.74, 6) is 0.536. The van der Waals surface area contributed by atoms with Crippen molar-refractivity contribution in [2.45, 2.75) is 20.8 Å². The van der Waals surface area contributed by atoms with E-state index in [1.807, 2.05) is 45.0 Å². The van der Waals surface area contributed by atoms with E-state index >= 15 is 0 Å². The van der Waals surface area contributed by atoms with Crippen molar-refractivity contribution in [2.24, 2.45) is 0 Å². The first-order valence-corrected chi connectivity index (χ1v) is 5.60. The number of phenols is 2. The number of phenolic OH excluding ortho intramolecular Hbond substituents is 2. The molecule has 2 heteroatoms. The molecular weight excluding hydrogens is 212 g/mol. The SMILES string of the molecule is Cc1ccc(-c2ccc(C)c(C)c2O)cc1O. The molecule has 0 aliphatic heterocycles. The molecule has 0 saturated carbocycles. The summed E-state index contributed by atoms with van der Waals surface area (Å²) in [5, 5.41) is 19.8. The predicted octanol–water partition coefficient (Wildman–Crippen LogP) is 3.69. The molecule has 0 unspecified atom stereocenters. The van der Waals surface area contributed by atoms with Crippen LogP contribution in [0.1, 0.15) is 16.7 Å². The van der Waals surface area contributed by atoms with Crippen LogP contribution in [0.4, 0.5) is 0 Å². The van der Waals surface area contributed by atoms with Crippen LogP contribution in [-0.4, -0.2) is 10.2 Å². The van der Waals surface area contributed by atoms with Crippen LogP contribution in [0.5, 0.6) is 11.5 Å². The molecule has 2 aromatic carbocycles. The number of hydrogen-bond donors (Lipinski definition) is 2. The normalized spacial score (nSPS) is 10.5. The van der Waals surface area contributed by atoms with Gasteiger partial charge in [-0.1, -0.05) is 24.3 Å². The molecule has 0 atom stereocenters. The summed E-state index contributed by atoms with van der Waals surface area (Å²) in [6, 6.07) is 9.28. The summed E-state index contributed by atoms with van der Waals surface area (Å²) < 4.78 is 0. The third kappa shape index (κ3) is 1.98. The fraction of sp³-hybridized carbons (Fsp3) is 0.200. The van der Waals surface area contributed by atoms with Crippen molar-refractivity contribution in [3.8, 4) is 22.6 Å². The van der Waals surface area contributed by atoms with Crippen LogP contribution in [0.15, 0.2) is 30.3 Å². The highest BCUT2D eigenvalue weighted by Crippen LogP contribution is 2.35. The second-order valence-electron chi connectivity index (χ2n) is 4.40. The van der Waals surface area contributed by atoms with E-state index < -0.39 is 0 Å². The first-order chi connectivity index (χ1) is 8.00. The molecule has 17 heavy (non-hydrogen) atoms. The van der Waals surface area contributed by atoms with Crippen molar-refractivity contribution in [2.75, 3.05) is 0 Å². The summed E-state index contributed by atoms with van der Waals surface area (Å²) in [6.07, 6.45) is 0. The van der Waals surface area contributed by atoms with Gasteiger partial charge >= 0.3 is 0 Å². The molecule has 0 aliphatic rings. The molecule has 0 aromatic heterocycles. The average molecular weight is 228 g/mol. The lowest BCUT2D eigenvalue weighted by Gasteiger charge is -2.10. The number of hydrogen-bond acceptors (Lipinski definition) is 2. The maximum Gasteiger partial charge on any atom is 0.126 e. The van der Waals surface area contributed by atoms with Gasteiger partial charge in [0, 0.05) is 5.56 Å². The predicted molar refractivity (Wildman–Crippen MR) is 69.4 cm³/mol. The zero-order chi connectivity index (χ0) is 12.6. The minimum atomic E-state index is 0.250. The Bertz CT molecular complexity index is 571. The minimum Gasteiger partial charge on any atom is -0.508 e. The molecule has 0 radical (unpaired) electrons. The van der Waals surface area contributed by atoms with Gasteiger partial charge in [0.2, 0.25) is 0 Å². The lowest BCUT2D eigenvalue weighted by atomic mass is 9.98. The van der Waals surface area contributed by atoms with E-state index in [1.54, 1.807) is 6.07 Å². The standard InChI is InChI=1S/C15H16O2/c1-9-5-7-13(15(17)11(9)3)12-6-4-10(2)14(16)8-12/h4-8,16-17H,1-3H3. The van der Waals surface area contributed by atoms with Crippen LogP contribution in [0, 0.1) is 20.8 Å². The van der Waals surface area contributed by atoms with Crippen LogP contribution < -0.4 is 0 Å². The monoisotopic (exact) mass is 228 g/mol. The van der Waals surface area contributed by atoms with E-state index in [9.17, 15) is 10.2 Å². The molecular formula is C15H16O2. The Kier molecular flexibility index (Phi) is 2.80. The molecule has 2 nitrogen and oxygen atoms in total. The van der Waals surface area contributed by atoms with Gasteiger partial charge in [-0.15, -0.1) is 0 Å². The maximum absolute atomic E-state index is 10.1. The lowest BCUT2D eigenvalue weighted by molar-refractivity contribution is 0.470. The molecule has 88 valence electrons. The summed E-state index contributed by atoms with van der Waals surface area (Å²) in [4.78, 5) is 0. The molecule has 0 bridgehead atoms. The Labute approximate surface area is 101 Å². The van der Waals surface area contributed by atoms with E-state index in [4.69, 9.17) is 0 Å². The summed E-state index contributed by atoms with van der Waals surface area (Å²) in [7, 11) is 0. The first-order valence-electron chi connectivity index (χ1n) is 5.60. The second-order valence-corrected chi connectivity index (χ2v) is 4.40. The molecule has 0 fully saturated rings. The van der Waals surface area contributed by atoms with Gasteiger partial charge in [-0.25, -0.2) is 0 Å². The van der Waals surface area contributed by atoms with Crippen molar-refractivity contribution < 1.29 is 10.2 Å². The van der Waals surface area contributed by atoms with Gasteiger partial charge in [0.05, 0.1) is 0 Å². The molecule has 2 N–H and O–H groups in total. The Morgan fingerprint density at radius 2 is 1.47 bits per heavy atom. The van der Waals surface area contributed by atoms with Crippen molar-refractivity contribution >= 4 is 0 Å². The average Bonchev–Trinajstić information content (AvgIpc) is 2.30. The summed E-state index contributed by atoms with van der Waals surface area (Å²) in [6.45, 7) is 5.70. The fourth-order valence-electron chi connectivity index (χ4n) is 1.81. The Balaban J connectivity index is 2.61. The molecule has 0 heterocycles. The Morgan fingerprint density at radius 1 is 0.824 bits per heavy atom. The van der Waals surface area contributed by atoms with E-state index in [1.165, 1.54) is 0 Å². The zero-order valence-electron chi connectivity index (χ0n) is 10.3. The topological polar surface area (TPSA) is 40.5 Å². The summed E-state index contributed by atoms with van der Waals surface area (Å²) in [5.41, 5.74) is 4.35. The van der Waals surface area contributed by atoms with Gasteiger partial charge in [-0.2, -0.15) is 0 Å². The van der Waals surface area contributed by atoms with E-state index in [0.29, 0.717) is 0 Å². The van der Waals surface area contributed by atoms with Crippen molar-refractivity contribution in [1.29, 1.82) is 0 Å². The number of benzene rings is 2. The first kappa shape index (κ1) is 11.5. The highest BCUT2D eigenvalue weighted by atomic mass is 16.3. The number of rotatable bonds is 1. The second kappa shape index (κ2) is 4.13. The molecule has 0 aliphatic carbocycles. The van der Waals surface area contributed by atoms with Gasteiger partial charge < -0.3 is 10.2 Å². The molecule has 2 aromatic rings. The third-order valence-corrected chi connectivity index (χ3v) is 3.22. The lowest BCUT2D eigenvalue weighted by Crippen LogP contribution is -1.87. The Hall–Kier alpha value is -1.96. The smallest absolute Gasteiger partial charge is 0.126 e. The van der Waals surface area contributed by atoms with Crippen LogP contribution in [0.3, 0.4) is 0 Å². The Morgan fingerprint density at radius 3 is 2.12 bits per heavy atom. The van der Waals surface area contributed by atoms with Crippen LogP contribution >= 0.6 is 0 Å². The highest BCUT2D eigenvalue weighted by Gasteiger charge is 2.09.